The second kappa shape index (κ2) is 11.4. The van der Waals surface area contributed by atoms with Crippen molar-refractivity contribution in [2.24, 2.45) is 0 Å². The number of hydrogen-bond donors (Lipinski definition) is 0. The molecule has 11 rings (SSSR count). The SMILES string of the molecule is c1cc(-c2ccc3ccccc3c2)cc(-c2c3ccccc3c(-c3cc4c5ccccc5c5ccccc5c4c4ccccc34)c3ccccc23)c1. The molecule has 0 aliphatic carbocycles. The quantitative estimate of drug-likeness (QED) is 0.131. The van der Waals surface area contributed by atoms with Gasteiger partial charge in [0.15, 0.2) is 0 Å². The Morgan fingerprint density at radius 1 is 0.212 bits per heavy atom. The molecule has 0 atom stereocenters. The first-order valence-corrected chi connectivity index (χ1v) is 18.1. The molecule has 0 spiro atoms. The Hall–Kier alpha value is -6.76. The van der Waals surface area contributed by atoms with Crippen LogP contribution in [0, 0.1) is 0 Å². The van der Waals surface area contributed by atoms with Crippen LogP contribution in [0.4, 0.5) is 0 Å². The van der Waals surface area contributed by atoms with Crippen LogP contribution in [-0.4, -0.2) is 0 Å². The Balaban J connectivity index is 1.24. The molecule has 0 fully saturated rings. The molecule has 0 heterocycles. The summed E-state index contributed by atoms with van der Waals surface area (Å²) in [6.45, 7) is 0. The molecule has 11 aromatic rings. The van der Waals surface area contributed by atoms with Gasteiger partial charge in [0.05, 0.1) is 0 Å². The Morgan fingerprint density at radius 3 is 1.31 bits per heavy atom. The summed E-state index contributed by atoms with van der Waals surface area (Å²) in [5.74, 6) is 0. The zero-order valence-corrected chi connectivity index (χ0v) is 28.5. The minimum absolute atomic E-state index is 1.22. The number of benzene rings is 11. The van der Waals surface area contributed by atoms with Gasteiger partial charge in [0.1, 0.15) is 0 Å². The lowest BCUT2D eigenvalue weighted by atomic mass is 9.82. The van der Waals surface area contributed by atoms with E-state index >= 15 is 0 Å². The van der Waals surface area contributed by atoms with Crippen molar-refractivity contribution in [1.29, 1.82) is 0 Å². The Labute approximate surface area is 301 Å². The molecular formula is C52H32. The van der Waals surface area contributed by atoms with Crippen molar-refractivity contribution >= 4 is 75.4 Å². The van der Waals surface area contributed by atoms with E-state index in [9.17, 15) is 0 Å². The van der Waals surface area contributed by atoms with E-state index in [1.54, 1.807) is 0 Å². The summed E-state index contributed by atoms with van der Waals surface area (Å²) >= 11 is 0. The maximum Gasteiger partial charge on any atom is -0.00199 e. The van der Waals surface area contributed by atoms with Gasteiger partial charge < -0.3 is 0 Å². The van der Waals surface area contributed by atoms with Gasteiger partial charge in [-0.05, 0) is 127 Å². The third-order valence-electron chi connectivity index (χ3n) is 11.2. The van der Waals surface area contributed by atoms with E-state index < -0.39 is 0 Å². The monoisotopic (exact) mass is 656 g/mol. The highest BCUT2D eigenvalue weighted by molar-refractivity contribution is 6.34. The fraction of sp³-hybridized carbons (Fsp3) is 0. The van der Waals surface area contributed by atoms with Gasteiger partial charge in [-0.1, -0.05) is 176 Å². The van der Waals surface area contributed by atoms with Crippen molar-refractivity contribution in [2.45, 2.75) is 0 Å². The van der Waals surface area contributed by atoms with Gasteiger partial charge in [0, 0.05) is 0 Å². The molecule has 0 radical (unpaired) electrons. The summed E-state index contributed by atoms with van der Waals surface area (Å²) in [7, 11) is 0. The maximum absolute atomic E-state index is 2.49. The fourth-order valence-corrected chi connectivity index (χ4v) is 8.93. The minimum Gasteiger partial charge on any atom is -0.0616 e. The van der Waals surface area contributed by atoms with Gasteiger partial charge in [0.25, 0.3) is 0 Å². The van der Waals surface area contributed by atoms with Crippen LogP contribution < -0.4 is 0 Å². The summed E-state index contributed by atoms with van der Waals surface area (Å²) in [5.41, 5.74) is 7.52. The normalized spacial score (nSPS) is 11.8. The summed E-state index contributed by atoms with van der Waals surface area (Å²) in [5, 5.41) is 17.9. The van der Waals surface area contributed by atoms with Crippen molar-refractivity contribution in [3.8, 4) is 33.4 Å². The lowest BCUT2D eigenvalue weighted by Gasteiger charge is -2.21. The van der Waals surface area contributed by atoms with E-state index in [0.717, 1.165) is 0 Å². The van der Waals surface area contributed by atoms with E-state index in [-0.39, 0.29) is 0 Å². The minimum atomic E-state index is 1.22. The lowest BCUT2D eigenvalue weighted by Crippen LogP contribution is -1.93. The zero-order chi connectivity index (χ0) is 34.2. The van der Waals surface area contributed by atoms with Gasteiger partial charge in [-0.25, -0.2) is 0 Å². The van der Waals surface area contributed by atoms with Gasteiger partial charge in [-0.3, -0.25) is 0 Å². The third kappa shape index (κ3) is 4.28. The molecule has 0 heteroatoms. The van der Waals surface area contributed by atoms with Crippen molar-refractivity contribution in [1.82, 2.24) is 0 Å². The Kier molecular flexibility index (Phi) is 6.35. The molecule has 0 N–H and O–H groups in total. The summed E-state index contributed by atoms with van der Waals surface area (Å²) in [6, 6.07) is 71.9. The Morgan fingerprint density at radius 2 is 0.654 bits per heavy atom. The van der Waals surface area contributed by atoms with E-state index in [1.165, 1.54) is 109 Å². The van der Waals surface area contributed by atoms with Crippen LogP contribution in [0.25, 0.3) is 109 Å². The van der Waals surface area contributed by atoms with Crippen LogP contribution in [0.1, 0.15) is 0 Å². The second-order valence-corrected chi connectivity index (χ2v) is 14.0. The predicted octanol–water partition coefficient (Wildman–Crippen LogP) is 14.8. The van der Waals surface area contributed by atoms with Crippen LogP contribution in [0.2, 0.25) is 0 Å². The van der Waals surface area contributed by atoms with Crippen LogP contribution in [0.15, 0.2) is 194 Å². The molecule has 0 aliphatic heterocycles. The summed E-state index contributed by atoms with van der Waals surface area (Å²) in [4.78, 5) is 0. The molecule has 0 unspecified atom stereocenters. The highest BCUT2D eigenvalue weighted by Crippen LogP contribution is 2.48. The molecule has 240 valence electrons. The van der Waals surface area contributed by atoms with Crippen LogP contribution in [0.5, 0.6) is 0 Å². The van der Waals surface area contributed by atoms with Gasteiger partial charge in [0.2, 0.25) is 0 Å². The first-order chi connectivity index (χ1) is 25.8. The van der Waals surface area contributed by atoms with Crippen molar-refractivity contribution in [2.75, 3.05) is 0 Å². The van der Waals surface area contributed by atoms with Gasteiger partial charge >= 0.3 is 0 Å². The largest absolute Gasteiger partial charge is 0.0616 e. The topological polar surface area (TPSA) is 0 Å². The van der Waals surface area contributed by atoms with Gasteiger partial charge in [-0.15, -0.1) is 0 Å². The van der Waals surface area contributed by atoms with E-state index in [0.29, 0.717) is 0 Å². The molecule has 0 aromatic heterocycles. The molecule has 0 amide bonds. The summed E-state index contributed by atoms with van der Waals surface area (Å²) < 4.78 is 0. The fourth-order valence-electron chi connectivity index (χ4n) is 8.93. The first kappa shape index (κ1) is 29.0. The molecule has 52 heavy (non-hydrogen) atoms. The molecule has 0 bridgehead atoms. The van der Waals surface area contributed by atoms with E-state index in [1.807, 2.05) is 0 Å². The zero-order valence-electron chi connectivity index (χ0n) is 28.5. The highest BCUT2D eigenvalue weighted by Gasteiger charge is 2.21. The van der Waals surface area contributed by atoms with E-state index in [2.05, 4.69) is 194 Å². The lowest BCUT2D eigenvalue weighted by molar-refractivity contribution is 1.63. The summed E-state index contributed by atoms with van der Waals surface area (Å²) in [6.07, 6.45) is 0. The first-order valence-electron chi connectivity index (χ1n) is 18.1. The molecule has 11 aromatic carbocycles. The van der Waals surface area contributed by atoms with E-state index in [4.69, 9.17) is 0 Å². The van der Waals surface area contributed by atoms with Gasteiger partial charge in [-0.2, -0.15) is 0 Å². The number of rotatable bonds is 3. The maximum atomic E-state index is 2.49. The average molecular weight is 657 g/mol. The molecular weight excluding hydrogens is 625 g/mol. The van der Waals surface area contributed by atoms with Crippen molar-refractivity contribution < 1.29 is 0 Å². The molecule has 0 aliphatic rings. The van der Waals surface area contributed by atoms with Crippen molar-refractivity contribution in [3.05, 3.63) is 194 Å². The van der Waals surface area contributed by atoms with Crippen LogP contribution >= 0.6 is 0 Å². The number of hydrogen-bond acceptors (Lipinski definition) is 0. The van der Waals surface area contributed by atoms with Crippen molar-refractivity contribution in [3.63, 3.8) is 0 Å². The second-order valence-electron chi connectivity index (χ2n) is 14.0. The molecule has 0 nitrogen and oxygen atoms in total. The number of fused-ring (bicyclic) bond motifs is 11. The highest BCUT2D eigenvalue weighted by atomic mass is 14.2. The molecule has 0 saturated heterocycles. The van der Waals surface area contributed by atoms with Crippen LogP contribution in [0.3, 0.4) is 0 Å². The standard InChI is InChI=1S/C52H32/c1-2-15-34-30-36(29-28-33(34)14-1)35-16-13-17-37(31-35)50-44-24-9-11-26-46(44)52(47-27-12-10-25-45(47)50)49-32-48-40-20-4-3-18-38(40)39-19-5-7-22-42(39)51(48)43-23-8-6-21-41(43)49/h1-32H. The average Bonchev–Trinajstić information content (AvgIpc) is 3.22. The van der Waals surface area contributed by atoms with Crippen LogP contribution in [-0.2, 0) is 0 Å². The Bertz CT molecular complexity index is 3180. The smallest absolute Gasteiger partial charge is 0.00199 e. The molecule has 0 saturated carbocycles. The third-order valence-corrected chi connectivity index (χ3v) is 11.2. The predicted molar refractivity (Wildman–Crippen MR) is 225 cm³/mol.